The average molecular weight is 230 g/mol. The van der Waals surface area contributed by atoms with Crippen LogP contribution in [0.1, 0.15) is 43.5 Å². The second kappa shape index (κ2) is 5.13. The van der Waals surface area contributed by atoms with Gasteiger partial charge in [-0.2, -0.15) is 5.26 Å². The maximum absolute atomic E-state index is 8.92. The maximum atomic E-state index is 8.92. The lowest BCUT2D eigenvalue weighted by molar-refractivity contribution is 0.424. The minimum atomic E-state index is 0.454. The van der Waals surface area contributed by atoms with Crippen molar-refractivity contribution in [3.05, 3.63) is 17.5 Å². The fourth-order valence-electron chi connectivity index (χ4n) is 2.40. The molecule has 0 spiro atoms. The summed E-state index contributed by atoms with van der Waals surface area (Å²) in [7, 11) is 2.03. The Morgan fingerprint density at radius 3 is 2.65 bits per heavy atom. The number of anilines is 1. The second-order valence-corrected chi connectivity index (χ2v) is 4.71. The number of aryl methyl sites for hydroxylation is 1. The van der Waals surface area contributed by atoms with Crippen molar-refractivity contribution in [2.45, 2.75) is 45.1 Å². The fraction of sp³-hybridized carbons (Fsp3) is 0.615. The van der Waals surface area contributed by atoms with E-state index in [-0.39, 0.29) is 0 Å². The van der Waals surface area contributed by atoms with Gasteiger partial charge in [-0.1, -0.05) is 19.3 Å². The van der Waals surface area contributed by atoms with Gasteiger partial charge in [0.25, 0.3) is 0 Å². The molecule has 0 aliphatic heterocycles. The normalized spacial score (nSPS) is 16.5. The molecule has 0 radical (unpaired) electrons. The smallest absolute Gasteiger partial charge is 0.226 e. The Morgan fingerprint density at radius 1 is 1.29 bits per heavy atom. The van der Waals surface area contributed by atoms with Gasteiger partial charge in [-0.3, -0.25) is 0 Å². The Kier molecular flexibility index (Phi) is 3.58. The highest BCUT2D eigenvalue weighted by Gasteiger charge is 2.20. The SMILES string of the molecule is Cc1cc(C#N)nc(N(C)C2CCCCC2)n1. The van der Waals surface area contributed by atoms with Crippen LogP contribution in [0.15, 0.2) is 6.07 Å². The molecule has 0 unspecified atom stereocenters. The maximum Gasteiger partial charge on any atom is 0.226 e. The lowest BCUT2D eigenvalue weighted by Gasteiger charge is -2.31. The molecule has 0 atom stereocenters. The van der Waals surface area contributed by atoms with Crippen molar-refractivity contribution < 1.29 is 0 Å². The third-order valence-corrected chi connectivity index (χ3v) is 3.39. The van der Waals surface area contributed by atoms with Gasteiger partial charge in [0.05, 0.1) is 0 Å². The first-order valence-corrected chi connectivity index (χ1v) is 6.19. The van der Waals surface area contributed by atoms with Crippen molar-refractivity contribution in [3.8, 4) is 6.07 Å². The van der Waals surface area contributed by atoms with E-state index in [2.05, 4.69) is 20.9 Å². The summed E-state index contributed by atoms with van der Waals surface area (Å²) in [5.41, 5.74) is 1.31. The summed E-state index contributed by atoms with van der Waals surface area (Å²) in [4.78, 5) is 10.8. The van der Waals surface area contributed by atoms with E-state index < -0.39 is 0 Å². The van der Waals surface area contributed by atoms with E-state index >= 15 is 0 Å². The van der Waals surface area contributed by atoms with Gasteiger partial charge in [0.2, 0.25) is 5.95 Å². The highest BCUT2D eigenvalue weighted by Crippen LogP contribution is 2.24. The molecule has 0 N–H and O–H groups in total. The van der Waals surface area contributed by atoms with Gasteiger partial charge in [-0.05, 0) is 25.8 Å². The third kappa shape index (κ3) is 2.73. The molecule has 4 heteroatoms. The van der Waals surface area contributed by atoms with Crippen LogP contribution in [-0.2, 0) is 0 Å². The van der Waals surface area contributed by atoms with E-state index in [1.165, 1.54) is 32.1 Å². The molecule has 90 valence electrons. The lowest BCUT2D eigenvalue weighted by Crippen LogP contribution is -2.34. The predicted octanol–water partition coefficient (Wildman–Crippen LogP) is 2.43. The zero-order chi connectivity index (χ0) is 12.3. The highest BCUT2D eigenvalue weighted by molar-refractivity contribution is 5.36. The van der Waals surface area contributed by atoms with Crippen LogP contribution in [0.5, 0.6) is 0 Å². The van der Waals surface area contributed by atoms with Crippen LogP contribution in [-0.4, -0.2) is 23.1 Å². The summed E-state index contributed by atoms with van der Waals surface area (Å²) < 4.78 is 0. The Morgan fingerprint density at radius 2 is 2.00 bits per heavy atom. The summed E-state index contributed by atoms with van der Waals surface area (Å²) in [6.45, 7) is 1.90. The van der Waals surface area contributed by atoms with Crippen molar-refractivity contribution in [2.24, 2.45) is 0 Å². The molecule has 0 saturated heterocycles. The lowest BCUT2D eigenvalue weighted by atomic mass is 9.95. The Balaban J connectivity index is 2.20. The van der Waals surface area contributed by atoms with Crippen molar-refractivity contribution in [1.29, 1.82) is 5.26 Å². The third-order valence-electron chi connectivity index (χ3n) is 3.39. The van der Waals surface area contributed by atoms with Crippen LogP contribution in [0.4, 0.5) is 5.95 Å². The van der Waals surface area contributed by atoms with Gasteiger partial charge in [-0.25, -0.2) is 9.97 Å². The van der Waals surface area contributed by atoms with E-state index in [1.54, 1.807) is 6.07 Å². The summed E-state index contributed by atoms with van der Waals surface area (Å²) in [5.74, 6) is 0.688. The van der Waals surface area contributed by atoms with E-state index in [0.717, 1.165) is 5.69 Å². The van der Waals surface area contributed by atoms with Crippen LogP contribution in [0.2, 0.25) is 0 Å². The second-order valence-electron chi connectivity index (χ2n) is 4.71. The largest absolute Gasteiger partial charge is 0.341 e. The highest BCUT2D eigenvalue weighted by atomic mass is 15.3. The molecule has 0 bridgehead atoms. The monoisotopic (exact) mass is 230 g/mol. The average Bonchev–Trinajstić information content (AvgIpc) is 2.38. The quantitative estimate of drug-likeness (QED) is 0.783. The molecule has 1 aliphatic rings. The molecule has 0 aromatic carbocycles. The van der Waals surface area contributed by atoms with Gasteiger partial charge in [0.15, 0.2) is 0 Å². The number of rotatable bonds is 2. The molecule has 0 amide bonds. The van der Waals surface area contributed by atoms with E-state index in [9.17, 15) is 0 Å². The van der Waals surface area contributed by atoms with Crippen LogP contribution in [0, 0.1) is 18.3 Å². The molecule has 1 aromatic heterocycles. The Bertz CT molecular complexity index is 430. The molecule has 1 fully saturated rings. The number of aromatic nitrogens is 2. The van der Waals surface area contributed by atoms with Gasteiger partial charge >= 0.3 is 0 Å². The number of hydrogen-bond donors (Lipinski definition) is 0. The molecule has 1 aromatic rings. The number of hydrogen-bond acceptors (Lipinski definition) is 4. The first kappa shape index (κ1) is 11.8. The number of nitrogens with zero attached hydrogens (tertiary/aromatic N) is 4. The van der Waals surface area contributed by atoms with E-state index in [1.807, 2.05) is 14.0 Å². The Labute approximate surface area is 102 Å². The molecule has 1 aliphatic carbocycles. The zero-order valence-corrected chi connectivity index (χ0v) is 10.5. The van der Waals surface area contributed by atoms with E-state index in [4.69, 9.17) is 5.26 Å². The molecular formula is C13H18N4. The topological polar surface area (TPSA) is 52.8 Å². The Hall–Kier alpha value is -1.63. The minimum Gasteiger partial charge on any atom is -0.341 e. The van der Waals surface area contributed by atoms with Crippen molar-refractivity contribution in [3.63, 3.8) is 0 Å². The van der Waals surface area contributed by atoms with Gasteiger partial charge in [-0.15, -0.1) is 0 Å². The van der Waals surface area contributed by atoms with Gasteiger partial charge in [0, 0.05) is 18.8 Å². The summed E-state index contributed by atoms with van der Waals surface area (Å²) in [6, 6.07) is 4.33. The molecule has 17 heavy (non-hydrogen) atoms. The zero-order valence-electron chi connectivity index (χ0n) is 10.5. The molecule has 1 saturated carbocycles. The van der Waals surface area contributed by atoms with Crippen molar-refractivity contribution in [1.82, 2.24) is 9.97 Å². The molecule has 1 heterocycles. The van der Waals surface area contributed by atoms with Gasteiger partial charge < -0.3 is 4.90 Å². The van der Waals surface area contributed by atoms with Gasteiger partial charge in [0.1, 0.15) is 11.8 Å². The van der Waals surface area contributed by atoms with Crippen molar-refractivity contribution in [2.75, 3.05) is 11.9 Å². The standard InChI is InChI=1S/C13H18N4/c1-10-8-11(9-14)16-13(15-10)17(2)12-6-4-3-5-7-12/h8,12H,3-7H2,1-2H3. The molecular weight excluding hydrogens is 212 g/mol. The van der Waals surface area contributed by atoms with Crippen LogP contribution in [0.3, 0.4) is 0 Å². The van der Waals surface area contributed by atoms with Crippen LogP contribution in [0.25, 0.3) is 0 Å². The minimum absolute atomic E-state index is 0.454. The summed E-state index contributed by atoms with van der Waals surface area (Å²) in [5, 5.41) is 8.92. The first-order valence-electron chi connectivity index (χ1n) is 6.19. The van der Waals surface area contributed by atoms with Crippen LogP contribution < -0.4 is 4.90 Å². The van der Waals surface area contributed by atoms with Crippen LogP contribution >= 0.6 is 0 Å². The molecule has 2 rings (SSSR count). The number of nitriles is 1. The predicted molar refractivity (Wildman–Crippen MR) is 66.8 cm³/mol. The fourth-order valence-corrected chi connectivity index (χ4v) is 2.40. The van der Waals surface area contributed by atoms with Crippen molar-refractivity contribution >= 4 is 5.95 Å². The van der Waals surface area contributed by atoms with E-state index in [0.29, 0.717) is 17.7 Å². The first-order chi connectivity index (χ1) is 8.20. The summed E-state index contributed by atoms with van der Waals surface area (Å²) >= 11 is 0. The summed E-state index contributed by atoms with van der Waals surface area (Å²) in [6.07, 6.45) is 6.31. The molecule has 4 nitrogen and oxygen atoms in total.